The predicted molar refractivity (Wildman–Crippen MR) is 93.2 cm³/mol. The Labute approximate surface area is 145 Å². The molecule has 0 aliphatic carbocycles. The number of rotatable bonds is 4. The molecular formula is C16H11ClN2O4S. The molecule has 8 heteroatoms. The molecule has 3 rings (SSSR count). The highest BCUT2D eigenvalue weighted by Gasteiger charge is 2.14. The van der Waals surface area contributed by atoms with Gasteiger partial charge in [0.1, 0.15) is 15.6 Å². The van der Waals surface area contributed by atoms with Gasteiger partial charge in [0.05, 0.1) is 12.8 Å². The van der Waals surface area contributed by atoms with Crippen LogP contribution in [0.1, 0.15) is 20.9 Å². The molecule has 0 aliphatic heterocycles. The Morgan fingerprint density at radius 3 is 2.92 bits per heavy atom. The molecular weight excluding hydrogens is 352 g/mol. The molecule has 0 atom stereocenters. The van der Waals surface area contributed by atoms with E-state index in [1.165, 1.54) is 6.20 Å². The number of ether oxygens (including phenoxy) is 1. The zero-order valence-corrected chi connectivity index (χ0v) is 14.0. The number of carbonyl (C=O) groups is 1. The summed E-state index contributed by atoms with van der Waals surface area (Å²) in [6.07, 6.45) is 4.58. The van der Waals surface area contributed by atoms with Crippen LogP contribution in [0, 0.1) is 0 Å². The zero-order chi connectivity index (χ0) is 17.3. The van der Waals surface area contributed by atoms with Gasteiger partial charge in [-0.05, 0) is 23.8 Å². The fourth-order valence-electron chi connectivity index (χ4n) is 2.07. The van der Waals surface area contributed by atoms with Crippen molar-refractivity contribution in [2.24, 2.45) is 0 Å². The molecule has 1 N–H and O–H groups in total. The number of hydrogen-bond acceptors (Lipinski definition) is 5. The summed E-state index contributed by atoms with van der Waals surface area (Å²) in [5.41, 5.74) is 0.629. The molecule has 0 saturated heterocycles. The van der Waals surface area contributed by atoms with E-state index in [-0.39, 0.29) is 20.6 Å². The standard InChI is InChI=1S/C16H11ClN2O4S/c1-23-10-4-2-3-9(7-10)5-6-11-13(17)14(20)19-8-12(15(21)22)24-16(19)18-11/h2-8H,1H3,(H,21,22)/b6-5+. The Balaban J connectivity index is 2.05. The first-order valence-corrected chi connectivity index (χ1v) is 7.96. The first-order valence-electron chi connectivity index (χ1n) is 6.76. The van der Waals surface area contributed by atoms with Crippen LogP contribution in [0.4, 0.5) is 0 Å². The summed E-state index contributed by atoms with van der Waals surface area (Å²) in [4.78, 5) is 27.8. The van der Waals surface area contributed by atoms with Gasteiger partial charge in [0.2, 0.25) is 0 Å². The van der Waals surface area contributed by atoms with Crippen LogP contribution in [0.3, 0.4) is 0 Å². The Kier molecular flexibility index (Phi) is 4.37. The lowest BCUT2D eigenvalue weighted by atomic mass is 10.2. The van der Waals surface area contributed by atoms with Gasteiger partial charge in [0, 0.05) is 6.20 Å². The third-order valence-electron chi connectivity index (χ3n) is 3.24. The van der Waals surface area contributed by atoms with Crippen molar-refractivity contribution in [2.45, 2.75) is 0 Å². The van der Waals surface area contributed by atoms with Crippen molar-refractivity contribution in [3.05, 3.63) is 62.0 Å². The molecule has 3 aromatic rings. The number of aromatic nitrogens is 2. The third-order valence-corrected chi connectivity index (χ3v) is 4.57. The van der Waals surface area contributed by atoms with E-state index in [1.807, 2.05) is 24.3 Å². The molecule has 1 aromatic carbocycles. The molecule has 2 aromatic heterocycles. The topological polar surface area (TPSA) is 80.9 Å². The molecule has 0 aliphatic rings. The number of carboxylic acid groups (broad SMARTS) is 1. The second-order valence-corrected chi connectivity index (χ2v) is 6.17. The molecule has 0 spiro atoms. The number of aromatic carboxylic acids is 1. The summed E-state index contributed by atoms with van der Waals surface area (Å²) in [7, 11) is 1.58. The van der Waals surface area contributed by atoms with Gasteiger partial charge < -0.3 is 9.84 Å². The third kappa shape index (κ3) is 3.04. The SMILES string of the molecule is COc1cccc(/C=C/c2nc3sc(C(=O)O)cn3c(=O)c2Cl)c1. The summed E-state index contributed by atoms with van der Waals surface area (Å²) < 4.78 is 6.29. The Morgan fingerprint density at radius 2 is 2.21 bits per heavy atom. The predicted octanol–water partition coefficient (Wildman–Crippen LogP) is 3.29. The van der Waals surface area contributed by atoms with Crippen LogP contribution in [0.25, 0.3) is 17.1 Å². The van der Waals surface area contributed by atoms with Crippen molar-refractivity contribution in [1.82, 2.24) is 9.38 Å². The minimum atomic E-state index is -1.12. The molecule has 0 radical (unpaired) electrons. The van der Waals surface area contributed by atoms with Crippen LogP contribution in [0.15, 0.2) is 35.3 Å². The summed E-state index contributed by atoms with van der Waals surface area (Å²) in [6.45, 7) is 0. The first kappa shape index (κ1) is 16.2. The number of fused-ring (bicyclic) bond motifs is 1. The molecule has 6 nitrogen and oxygen atoms in total. The summed E-state index contributed by atoms with van der Waals surface area (Å²) in [5.74, 6) is -0.412. The number of thiazole rings is 1. The molecule has 0 saturated carbocycles. The monoisotopic (exact) mass is 362 g/mol. The van der Waals surface area contributed by atoms with E-state index in [9.17, 15) is 9.59 Å². The number of methoxy groups -OCH3 is 1. The second kappa shape index (κ2) is 6.46. The Bertz CT molecular complexity index is 1020. The van der Waals surface area contributed by atoms with Crippen LogP contribution in [-0.2, 0) is 0 Å². The van der Waals surface area contributed by atoms with E-state index in [2.05, 4.69) is 4.98 Å². The van der Waals surface area contributed by atoms with Crippen LogP contribution >= 0.6 is 22.9 Å². The molecule has 2 heterocycles. The molecule has 0 bridgehead atoms. The average molecular weight is 363 g/mol. The smallest absolute Gasteiger partial charge is 0.347 e. The number of nitrogens with zero attached hydrogens (tertiary/aromatic N) is 2. The number of carboxylic acids is 1. The second-order valence-electron chi connectivity index (χ2n) is 4.78. The van der Waals surface area contributed by atoms with E-state index in [0.717, 1.165) is 21.3 Å². The van der Waals surface area contributed by atoms with Gasteiger partial charge in [0.15, 0.2) is 4.96 Å². The molecule has 24 heavy (non-hydrogen) atoms. The van der Waals surface area contributed by atoms with Crippen LogP contribution in [-0.4, -0.2) is 27.6 Å². The van der Waals surface area contributed by atoms with Gasteiger partial charge in [-0.2, -0.15) is 0 Å². The van der Waals surface area contributed by atoms with Gasteiger partial charge in [0.25, 0.3) is 5.56 Å². The lowest BCUT2D eigenvalue weighted by Crippen LogP contribution is -2.14. The highest BCUT2D eigenvalue weighted by molar-refractivity contribution is 7.18. The van der Waals surface area contributed by atoms with Gasteiger partial charge in [-0.3, -0.25) is 9.20 Å². The van der Waals surface area contributed by atoms with Gasteiger partial charge in [-0.25, -0.2) is 9.78 Å². The van der Waals surface area contributed by atoms with E-state index < -0.39 is 11.5 Å². The fourth-order valence-corrected chi connectivity index (χ4v) is 3.08. The Hall–Kier alpha value is -2.64. The fraction of sp³-hybridized carbons (Fsp3) is 0.0625. The minimum absolute atomic E-state index is 0.0181. The number of hydrogen-bond donors (Lipinski definition) is 1. The van der Waals surface area contributed by atoms with Gasteiger partial charge in [-0.15, -0.1) is 0 Å². The van der Waals surface area contributed by atoms with Gasteiger partial charge in [-0.1, -0.05) is 41.1 Å². The van der Waals surface area contributed by atoms with Gasteiger partial charge >= 0.3 is 5.97 Å². The summed E-state index contributed by atoms with van der Waals surface area (Å²) in [5, 5.41) is 8.96. The number of halogens is 1. The summed E-state index contributed by atoms with van der Waals surface area (Å²) >= 11 is 6.98. The minimum Gasteiger partial charge on any atom is -0.497 e. The van der Waals surface area contributed by atoms with Crippen LogP contribution in [0.5, 0.6) is 5.75 Å². The molecule has 0 amide bonds. The van der Waals surface area contributed by atoms with E-state index in [4.69, 9.17) is 21.4 Å². The molecule has 0 fully saturated rings. The van der Waals surface area contributed by atoms with E-state index >= 15 is 0 Å². The maximum Gasteiger partial charge on any atom is 0.347 e. The lowest BCUT2D eigenvalue weighted by molar-refractivity contribution is 0.0701. The van der Waals surface area contributed by atoms with Crippen molar-refractivity contribution >= 4 is 46.0 Å². The van der Waals surface area contributed by atoms with Crippen molar-refractivity contribution < 1.29 is 14.6 Å². The van der Waals surface area contributed by atoms with Crippen LogP contribution < -0.4 is 10.3 Å². The Morgan fingerprint density at radius 1 is 1.42 bits per heavy atom. The maximum atomic E-state index is 12.2. The van der Waals surface area contributed by atoms with E-state index in [1.54, 1.807) is 19.3 Å². The summed E-state index contributed by atoms with van der Waals surface area (Å²) in [6, 6.07) is 7.35. The van der Waals surface area contributed by atoms with Crippen LogP contribution in [0.2, 0.25) is 5.02 Å². The highest BCUT2D eigenvalue weighted by Crippen LogP contribution is 2.20. The van der Waals surface area contributed by atoms with Crippen molar-refractivity contribution in [1.29, 1.82) is 0 Å². The number of benzene rings is 1. The highest BCUT2D eigenvalue weighted by atomic mass is 35.5. The lowest BCUT2D eigenvalue weighted by Gasteiger charge is -2.01. The normalized spacial score (nSPS) is 11.2. The van der Waals surface area contributed by atoms with E-state index in [0.29, 0.717) is 5.75 Å². The zero-order valence-electron chi connectivity index (χ0n) is 12.4. The molecule has 0 unspecified atom stereocenters. The largest absolute Gasteiger partial charge is 0.497 e. The molecule has 122 valence electrons. The first-order chi connectivity index (χ1) is 11.5. The maximum absolute atomic E-state index is 12.2. The van der Waals surface area contributed by atoms with Crippen molar-refractivity contribution in [3.63, 3.8) is 0 Å². The average Bonchev–Trinajstić information content (AvgIpc) is 3.01. The van der Waals surface area contributed by atoms with Crippen molar-refractivity contribution in [2.75, 3.05) is 7.11 Å². The van der Waals surface area contributed by atoms with Crippen molar-refractivity contribution in [3.8, 4) is 5.75 Å². The quantitative estimate of drug-likeness (QED) is 0.770.